The van der Waals surface area contributed by atoms with Crippen molar-refractivity contribution in [2.45, 2.75) is 13.0 Å². The van der Waals surface area contributed by atoms with E-state index >= 15 is 0 Å². The average Bonchev–Trinajstić information content (AvgIpc) is 3.08. The second-order valence-corrected chi connectivity index (χ2v) is 5.23. The molecule has 0 saturated heterocycles. The number of hydrogen-bond acceptors (Lipinski definition) is 4. The van der Waals surface area contributed by atoms with Crippen molar-refractivity contribution >= 4 is 16.7 Å². The number of nitrogens with one attached hydrogen (secondary N) is 1. The van der Waals surface area contributed by atoms with Crippen LogP contribution in [0.5, 0.6) is 0 Å². The van der Waals surface area contributed by atoms with E-state index in [9.17, 15) is 9.90 Å². The number of rotatable bonds is 2. The van der Waals surface area contributed by atoms with Gasteiger partial charge >= 0.3 is 5.97 Å². The predicted molar refractivity (Wildman–Crippen MR) is 81.5 cm³/mol. The fourth-order valence-electron chi connectivity index (χ4n) is 3.10. The van der Waals surface area contributed by atoms with Crippen molar-refractivity contribution < 1.29 is 14.6 Å². The Bertz CT molecular complexity index is 898. The summed E-state index contributed by atoms with van der Waals surface area (Å²) in [7, 11) is 0. The molecule has 0 bridgehead atoms. The molecule has 0 saturated carbocycles. The summed E-state index contributed by atoms with van der Waals surface area (Å²) in [5, 5.41) is 19.4. The summed E-state index contributed by atoms with van der Waals surface area (Å²) in [5.41, 5.74) is 3.07. The van der Waals surface area contributed by atoms with Crippen molar-refractivity contribution in [1.82, 2.24) is 10.2 Å². The third-order valence-electron chi connectivity index (χ3n) is 4.04. The highest BCUT2D eigenvalue weighted by Gasteiger charge is 2.35. The topological polar surface area (TPSA) is 75.2 Å². The SMILES string of the molecule is CCOC(=O)c1n[nH]c2c1-c1c(ccc3ccccc13)[C@H]2O. The van der Waals surface area contributed by atoms with Gasteiger partial charge in [0.2, 0.25) is 0 Å². The number of aromatic nitrogens is 2. The Labute approximate surface area is 126 Å². The minimum Gasteiger partial charge on any atom is -0.461 e. The summed E-state index contributed by atoms with van der Waals surface area (Å²) in [5.74, 6) is -0.479. The highest BCUT2D eigenvalue weighted by molar-refractivity contribution is 6.07. The molecule has 3 aromatic rings. The lowest BCUT2D eigenvalue weighted by molar-refractivity contribution is 0.0520. The molecule has 4 rings (SSSR count). The zero-order chi connectivity index (χ0) is 15.3. The fourth-order valence-corrected chi connectivity index (χ4v) is 3.10. The van der Waals surface area contributed by atoms with Gasteiger partial charge in [0, 0.05) is 11.1 Å². The van der Waals surface area contributed by atoms with Gasteiger partial charge in [0.05, 0.1) is 12.3 Å². The molecule has 1 aliphatic rings. The highest BCUT2D eigenvalue weighted by atomic mass is 16.5. The van der Waals surface area contributed by atoms with Crippen LogP contribution in [0, 0.1) is 0 Å². The number of esters is 1. The van der Waals surface area contributed by atoms with Crippen LogP contribution in [0.4, 0.5) is 0 Å². The maximum Gasteiger partial charge on any atom is 0.359 e. The van der Waals surface area contributed by atoms with Crippen LogP contribution in [0.3, 0.4) is 0 Å². The van der Waals surface area contributed by atoms with E-state index in [2.05, 4.69) is 10.2 Å². The van der Waals surface area contributed by atoms with E-state index in [4.69, 9.17) is 4.74 Å². The molecule has 110 valence electrons. The van der Waals surface area contributed by atoms with Gasteiger partial charge in [0.25, 0.3) is 0 Å². The Morgan fingerprint density at radius 3 is 2.91 bits per heavy atom. The van der Waals surface area contributed by atoms with Crippen molar-refractivity contribution in [3.05, 3.63) is 53.3 Å². The molecule has 1 heterocycles. The summed E-state index contributed by atoms with van der Waals surface area (Å²) in [6.45, 7) is 2.04. The van der Waals surface area contributed by atoms with Crippen molar-refractivity contribution in [2.24, 2.45) is 0 Å². The number of fused-ring (bicyclic) bond motifs is 5. The van der Waals surface area contributed by atoms with E-state index in [-0.39, 0.29) is 12.3 Å². The smallest absolute Gasteiger partial charge is 0.359 e. The number of H-pyrrole nitrogens is 1. The second kappa shape index (κ2) is 4.68. The Balaban J connectivity index is 2.03. The lowest BCUT2D eigenvalue weighted by atomic mass is 9.97. The number of nitrogens with zero attached hydrogens (tertiary/aromatic N) is 1. The minimum atomic E-state index is -0.801. The first-order valence-electron chi connectivity index (χ1n) is 7.17. The minimum absolute atomic E-state index is 0.228. The summed E-state index contributed by atoms with van der Waals surface area (Å²) >= 11 is 0. The van der Waals surface area contributed by atoms with Gasteiger partial charge in [0.15, 0.2) is 5.69 Å². The normalized spacial score (nSPS) is 15.6. The van der Waals surface area contributed by atoms with Crippen LogP contribution in [0.15, 0.2) is 36.4 Å². The van der Waals surface area contributed by atoms with Crippen molar-refractivity contribution in [2.75, 3.05) is 6.61 Å². The van der Waals surface area contributed by atoms with E-state index < -0.39 is 12.1 Å². The maximum absolute atomic E-state index is 12.1. The van der Waals surface area contributed by atoms with Gasteiger partial charge in [0.1, 0.15) is 6.10 Å². The lowest BCUT2D eigenvalue weighted by Crippen LogP contribution is -2.06. The number of hydrogen-bond donors (Lipinski definition) is 2. The third kappa shape index (κ3) is 1.63. The number of ether oxygens (including phenoxy) is 1. The van der Waals surface area contributed by atoms with Crippen molar-refractivity contribution in [3.8, 4) is 11.1 Å². The first-order valence-corrected chi connectivity index (χ1v) is 7.17. The van der Waals surface area contributed by atoms with Gasteiger partial charge in [-0.3, -0.25) is 5.10 Å². The van der Waals surface area contributed by atoms with Gasteiger partial charge in [-0.15, -0.1) is 0 Å². The number of carbonyl (C=O) groups is 1. The van der Waals surface area contributed by atoms with E-state index in [1.807, 2.05) is 36.4 Å². The quantitative estimate of drug-likeness (QED) is 0.713. The molecule has 1 atom stereocenters. The first-order chi connectivity index (χ1) is 10.7. The molecule has 22 heavy (non-hydrogen) atoms. The molecular weight excluding hydrogens is 280 g/mol. The average molecular weight is 294 g/mol. The number of aliphatic hydroxyl groups excluding tert-OH is 1. The molecule has 0 aliphatic heterocycles. The Morgan fingerprint density at radius 1 is 1.27 bits per heavy atom. The summed E-state index contributed by atoms with van der Waals surface area (Å²) in [6.07, 6.45) is -0.801. The zero-order valence-corrected chi connectivity index (χ0v) is 12.0. The van der Waals surface area contributed by atoms with E-state index in [1.54, 1.807) is 6.92 Å². The molecule has 1 aliphatic carbocycles. The monoisotopic (exact) mass is 294 g/mol. The molecule has 5 heteroatoms. The molecule has 0 amide bonds. The molecule has 2 aromatic carbocycles. The molecule has 0 fully saturated rings. The number of aliphatic hydroxyl groups is 1. The second-order valence-electron chi connectivity index (χ2n) is 5.23. The largest absolute Gasteiger partial charge is 0.461 e. The molecule has 2 N–H and O–H groups in total. The standard InChI is InChI=1S/C17H14N2O3/c1-2-22-17(21)15-13-12-10-6-4-3-5-9(10)7-8-11(12)16(20)14(13)18-19-15/h3-8,16,20H,2H2,1H3,(H,18,19)/t16-/m1/s1. The molecule has 1 aromatic heterocycles. The number of carbonyl (C=O) groups excluding carboxylic acids is 1. The lowest BCUT2D eigenvalue weighted by Gasteiger charge is -2.08. The molecule has 0 unspecified atom stereocenters. The van der Waals surface area contributed by atoms with Crippen molar-refractivity contribution in [3.63, 3.8) is 0 Å². The van der Waals surface area contributed by atoms with Crippen LogP contribution in [-0.4, -0.2) is 27.9 Å². The predicted octanol–water partition coefficient (Wildman–Crippen LogP) is 2.80. The Hall–Kier alpha value is -2.66. The molecular formula is C17H14N2O3. The van der Waals surface area contributed by atoms with E-state index in [0.29, 0.717) is 11.3 Å². The summed E-state index contributed by atoms with van der Waals surface area (Å²) < 4.78 is 5.07. The summed E-state index contributed by atoms with van der Waals surface area (Å²) in [6, 6.07) is 11.8. The molecule has 5 nitrogen and oxygen atoms in total. The van der Waals surface area contributed by atoms with Gasteiger partial charge < -0.3 is 9.84 Å². The zero-order valence-electron chi connectivity index (χ0n) is 12.0. The first kappa shape index (κ1) is 13.0. The van der Waals surface area contributed by atoms with Gasteiger partial charge in [-0.05, 0) is 23.3 Å². The van der Waals surface area contributed by atoms with Crippen LogP contribution in [0.25, 0.3) is 21.9 Å². The maximum atomic E-state index is 12.1. The number of aromatic amines is 1. The van der Waals surface area contributed by atoms with Crippen LogP contribution in [-0.2, 0) is 4.74 Å². The van der Waals surface area contributed by atoms with Crippen LogP contribution >= 0.6 is 0 Å². The Kier molecular flexibility index (Phi) is 2.77. The molecule has 0 spiro atoms. The Morgan fingerprint density at radius 2 is 2.09 bits per heavy atom. The van der Waals surface area contributed by atoms with Gasteiger partial charge in [-0.1, -0.05) is 36.4 Å². The van der Waals surface area contributed by atoms with Crippen LogP contribution < -0.4 is 0 Å². The fraction of sp³-hybridized carbons (Fsp3) is 0.176. The number of benzene rings is 2. The van der Waals surface area contributed by atoms with Crippen LogP contribution in [0.2, 0.25) is 0 Å². The summed E-state index contributed by atoms with van der Waals surface area (Å²) in [4.78, 5) is 12.1. The van der Waals surface area contributed by atoms with Crippen LogP contribution in [0.1, 0.15) is 34.8 Å². The molecule has 0 radical (unpaired) electrons. The van der Waals surface area contributed by atoms with Crippen molar-refractivity contribution in [1.29, 1.82) is 0 Å². The van der Waals surface area contributed by atoms with E-state index in [0.717, 1.165) is 21.9 Å². The van der Waals surface area contributed by atoms with Gasteiger partial charge in [-0.25, -0.2) is 4.79 Å². The third-order valence-corrected chi connectivity index (χ3v) is 4.04. The van der Waals surface area contributed by atoms with E-state index in [1.165, 1.54) is 0 Å². The highest BCUT2D eigenvalue weighted by Crippen LogP contribution is 2.47. The van der Waals surface area contributed by atoms with Gasteiger partial charge in [-0.2, -0.15) is 5.10 Å².